The minimum absolute atomic E-state index is 0.131. The summed E-state index contributed by atoms with van der Waals surface area (Å²) < 4.78 is 32.0. The minimum atomic E-state index is -3.62. The number of carbonyl (C=O) groups is 1. The lowest BCUT2D eigenvalue weighted by Crippen LogP contribution is -2.30. The molecule has 0 aliphatic carbocycles. The Morgan fingerprint density at radius 2 is 1.53 bits per heavy atom. The van der Waals surface area contributed by atoms with Crippen molar-refractivity contribution in [3.05, 3.63) is 77.9 Å². The molecule has 1 N–H and O–H groups in total. The first-order valence-corrected chi connectivity index (χ1v) is 11.7. The van der Waals surface area contributed by atoms with Gasteiger partial charge in [0.1, 0.15) is 5.75 Å². The van der Waals surface area contributed by atoms with Gasteiger partial charge in [0.15, 0.2) is 6.10 Å². The van der Waals surface area contributed by atoms with Crippen LogP contribution in [0.4, 0.5) is 5.69 Å². The number of amides is 1. The van der Waals surface area contributed by atoms with Gasteiger partial charge < -0.3 is 10.1 Å². The molecule has 0 aliphatic heterocycles. The maximum Gasteiger partial charge on any atom is 0.265 e. The molecule has 0 heterocycles. The van der Waals surface area contributed by atoms with E-state index in [0.29, 0.717) is 11.4 Å². The van der Waals surface area contributed by atoms with E-state index < -0.39 is 16.1 Å². The van der Waals surface area contributed by atoms with E-state index in [-0.39, 0.29) is 10.8 Å². The second kappa shape index (κ2) is 9.54. The molecule has 3 rings (SSSR count). The fraction of sp³-hybridized carbons (Fsp3) is 0.240. The van der Waals surface area contributed by atoms with E-state index in [9.17, 15) is 13.2 Å². The molecule has 0 aliphatic rings. The molecule has 1 unspecified atom stereocenters. The molecule has 1 atom stereocenters. The number of nitrogens with one attached hydrogen (secondary N) is 1. The Hall–Kier alpha value is -3.16. The van der Waals surface area contributed by atoms with Gasteiger partial charge >= 0.3 is 0 Å². The maximum atomic E-state index is 12.8. The third-order valence-corrected chi connectivity index (χ3v) is 7.11. The monoisotopic (exact) mass is 452 g/mol. The van der Waals surface area contributed by atoms with Crippen LogP contribution in [-0.4, -0.2) is 38.8 Å². The lowest BCUT2D eigenvalue weighted by Gasteiger charge is -2.19. The molecule has 6 nitrogen and oxygen atoms in total. The molecule has 0 bridgehead atoms. The molecule has 0 saturated carbocycles. The van der Waals surface area contributed by atoms with Crippen molar-refractivity contribution in [3.8, 4) is 16.9 Å². The van der Waals surface area contributed by atoms with Crippen LogP contribution in [0.5, 0.6) is 5.75 Å². The highest BCUT2D eigenvalue weighted by molar-refractivity contribution is 7.89. The smallest absolute Gasteiger partial charge is 0.265 e. The van der Waals surface area contributed by atoms with E-state index in [0.717, 1.165) is 26.6 Å². The zero-order chi connectivity index (χ0) is 23.5. The topological polar surface area (TPSA) is 75.7 Å². The van der Waals surface area contributed by atoms with Gasteiger partial charge in [-0.15, -0.1) is 0 Å². The van der Waals surface area contributed by atoms with Crippen LogP contribution in [0.1, 0.15) is 18.1 Å². The number of nitrogens with zero attached hydrogens (tertiary/aromatic N) is 1. The van der Waals surface area contributed by atoms with Crippen molar-refractivity contribution in [2.24, 2.45) is 0 Å². The molecule has 0 fully saturated rings. The Morgan fingerprint density at radius 3 is 2.12 bits per heavy atom. The third kappa shape index (κ3) is 5.18. The summed E-state index contributed by atoms with van der Waals surface area (Å²) in [4.78, 5) is 12.9. The van der Waals surface area contributed by atoms with Crippen LogP contribution in [0.15, 0.2) is 71.6 Å². The fourth-order valence-electron chi connectivity index (χ4n) is 3.16. The van der Waals surface area contributed by atoms with Crippen LogP contribution in [0.3, 0.4) is 0 Å². The Balaban J connectivity index is 1.74. The van der Waals surface area contributed by atoms with E-state index in [2.05, 4.69) is 5.32 Å². The van der Waals surface area contributed by atoms with Crippen molar-refractivity contribution in [2.75, 3.05) is 19.4 Å². The van der Waals surface area contributed by atoms with Crippen LogP contribution in [0.25, 0.3) is 11.1 Å². The second-order valence-electron chi connectivity index (χ2n) is 7.84. The van der Waals surface area contributed by atoms with Gasteiger partial charge in [-0.25, -0.2) is 12.7 Å². The van der Waals surface area contributed by atoms with Gasteiger partial charge in [0.2, 0.25) is 10.0 Å². The predicted molar refractivity (Wildman–Crippen MR) is 127 cm³/mol. The highest BCUT2D eigenvalue weighted by atomic mass is 32.2. The number of hydrogen-bond donors (Lipinski definition) is 1. The highest BCUT2D eigenvalue weighted by Gasteiger charge is 2.22. The molecule has 7 heteroatoms. The van der Waals surface area contributed by atoms with Crippen molar-refractivity contribution >= 4 is 21.6 Å². The van der Waals surface area contributed by atoms with Gasteiger partial charge in [-0.05, 0) is 67.3 Å². The highest BCUT2D eigenvalue weighted by Crippen LogP contribution is 2.26. The summed E-state index contributed by atoms with van der Waals surface area (Å²) in [6.07, 6.45) is -0.772. The summed E-state index contributed by atoms with van der Waals surface area (Å²) in [7, 11) is -0.672. The van der Waals surface area contributed by atoms with Crippen LogP contribution in [0.2, 0.25) is 0 Å². The number of rotatable bonds is 7. The molecular weight excluding hydrogens is 424 g/mol. The molecule has 3 aromatic carbocycles. The molecule has 0 spiro atoms. The Bertz CT molecular complexity index is 1200. The van der Waals surface area contributed by atoms with E-state index in [1.54, 1.807) is 13.0 Å². The van der Waals surface area contributed by atoms with Gasteiger partial charge in [0.25, 0.3) is 5.91 Å². The number of anilines is 1. The average Bonchev–Trinajstić information content (AvgIpc) is 2.77. The van der Waals surface area contributed by atoms with Gasteiger partial charge in [-0.1, -0.05) is 42.5 Å². The normalized spacial score (nSPS) is 12.4. The number of benzene rings is 3. The number of carbonyl (C=O) groups excluding carboxylic acids is 1. The van der Waals surface area contributed by atoms with Crippen molar-refractivity contribution in [3.63, 3.8) is 0 Å². The van der Waals surface area contributed by atoms with Crippen LogP contribution in [0, 0.1) is 13.8 Å². The third-order valence-electron chi connectivity index (χ3n) is 5.32. The first-order valence-electron chi connectivity index (χ1n) is 10.3. The Labute approximate surface area is 189 Å². The number of hydrogen-bond acceptors (Lipinski definition) is 4. The summed E-state index contributed by atoms with van der Waals surface area (Å²) in [6, 6.07) is 20.6. The van der Waals surface area contributed by atoms with Crippen molar-refractivity contribution < 1.29 is 17.9 Å². The number of aryl methyl sites for hydroxylation is 1. The average molecular weight is 453 g/mol. The van der Waals surface area contributed by atoms with Gasteiger partial charge in [0, 0.05) is 19.8 Å². The van der Waals surface area contributed by atoms with Crippen molar-refractivity contribution in [1.29, 1.82) is 0 Å². The first-order chi connectivity index (χ1) is 15.1. The van der Waals surface area contributed by atoms with Gasteiger partial charge in [-0.2, -0.15) is 0 Å². The molecule has 3 aromatic rings. The summed E-state index contributed by atoms with van der Waals surface area (Å²) in [5.41, 5.74) is 4.18. The van der Waals surface area contributed by atoms with E-state index in [4.69, 9.17) is 4.74 Å². The predicted octanol–water partition coefficient (Wildman–Crippen LogP) is 4.63. The van der Waals surface area contributed by atoms with Crippen LogP contribution in [-0.2, 0) is 14.8 Å². The van der Waals surface area contributed by atoms with Gasteiger partial charge in [-0.3, -0.25) is 4.79 Å². The van der Waals surface area contributed by atoms with E-state index in [1.807, 2.05) is 68.4 Å². The standard InChI is InChI=1S/C25H28N2O4S/c1-17-15-23(32(29,30)27(4)5)16-24(18(17)2)26-25(28)19(3)31-22-13-11-21(12-14-22)20-9-7-6-8-10-20/h6-16,19H,1-5H3,(H,26,28). The second-order valence-corrected chi connectivity index (χ2v) is 9.99. The quantitative estimate of drug-likeness (QED) is 0.567. The Kier molecular flexibility index (Phi) is 7.01. The molecule has 0 radical (unpaired) electrons. The van der Waals surface area contributed by atoms with Crippen LogP contribution < -0.4 is 10.1 Å². The summed E-state index contributed by atoms with van der Waals surface area (Å²) in [6.45, 7) is 5.31. The largest absolute Gasteiger partial charge is 0.481 e. The molecule has 0 aromatic heterocycles. The minimum Gasteiger partial charge on any atom is -0.481 e. The zero-order valence-electron chi connectivity index (χ0n) is 18.9. The summed E-state index contributed by atoms with van der Waals surface area (Å²) >= 11 is 0. The first kappa shape index (κ1) is 23.5. The number of ether oxygens (including phenoxy) is 1. The molecule has 32 heavy (non-hydrogen) atoms. The Morgan fingerprint density at radius 1 is 0.938 bits per heavy atom. The lowest BCUT2D eigenvalue weighted by molar-refractivity contribution is -0.122. The molecular formula is C25H28N2O4S. The van der Waals surface area contributed by atoms with E-state index in [1.165, 1.54) is 20.2 Å². The van der Waals surface area contributed by atoms with Crippen molar-refractivity contribution in [2.45, 2.75) is 31.8 Å². The SMILES string of the molecule is Cc1cc(S(=O)(=O)N(C)C)cc(NC(=O)C(C)Oc2ccc(-c3ccccc3)cc2)c1C. The molecule has 0 saturated heterocycles. The zero-order valence-corrected chi connectivity index (χ0v) is 19.7. The summed E-state index contributed by atoms with van der Waals surface area (Å²) in [5, 5.41) is 2.81. The molecule has 1 amide bonds. The van der Waals surface area contributed by atoms with Crippen molar-refractivity contribution in [1.82, 2.24) is 4.31 Å². The lowest BCUT2D eigenvalue weighted by atomic mass is 10.1. The number of sulfonamides is 1. The van der Waals surface area contributed by atoms with Gasteiger partial charge in [0.05, 0.1) is 4.90 Å². The van der Waals surface area contributed by atoms with E-state index >= 15 is 0 Å². The maximum absolute atomic E-state index is 12.8. The van der Waals surface area contributed by atoms with Crippen LogP contribution >= 0.6 is 0 Å². The summed E-state index contributed by atoms with van der Waals surface area (Å²) in [5.74, 6) is 0.211. The molecule has 168 valence electrons. The fourth-order valence-corrected chi connectivity index (χ4v) is 4.18.